The molecule has 3 aromatic rings. The summed E-state index contributed by atoms with van der Waals surface area (Å²) in [6, 6.07) is 18.2. The van der Waals surface area contributed by atoms with E-state index in [-0.39, 0.29) is 5.76 Å². The van der Waals surface area contributed by atoms with Crippen LogP contribution < -0.4 is 10.1 Å². The van der Waals surface area contributed by atoms with Gasteiger partial charge in [-0.2, -0.15) is 0 Å². The minimum absolute atomic E-state index is 0.357. The van der Waals surface area contributed by atoms with Gasteiger partial charge in [0.15, 0.2) is 6.61 Å². The lowest BCUT2D eigenvalue weighted by molar-refractivity contribution is -0.402. The number of carbonyl (C=O) groups excluding carboxylic acids is 2. The van der Waals surface area contributed by atoms with Gasteiger partial charge in [-0.25, -0.2) is 4.79 Å². The van der Waals surface area contributed by atoms with Crippen LogP contribution in [-0.4, -0.2) is 30.5 Å². The van der Waals surface area contributed by atoms with Gasteiger partial charge in [-0.15, -0.1) is 0 Å². The number of hydrogen-bond donors (Lipinski definition) is 1. The molecule has 30 heavy (non-hydrogen) atoms. The quantitative estimate of drug-likeness (QED) is 0.344. The van der Waals surface area contributed by atoms with E-state index in [1.165, 1.54) is 0 Å². The summed E-state index contributed by atoms with van der Waals surface area (Å²) >= 11 is 0. The minimum Gasteiger partial charge on any atom is -0.497 e. The number of furan rings is 1. The van der Waals surface area contributed by atoms with Gasteiger partial charge in [0.25, 0.3) is 5.91 Å². The standard InChI is InChI=1S/C21H18N2O7/c1-28-16-9-7-15(8-10-16)20(14-5-3-2-4-6-14)22-18(24)13-29-21(25)17-11-12-19(30-17)23(26)27/h2-12,20H,13H2,1H3,(H,22,24)/t20-/m0/s1. The first kappa shape index (κ1) is 20.6. The lowest BCUT2D eigenvalue weighted by atomic mass is 9.98. The summed E-state index contributed by atoms with van der Waals surface area (Å²) in [7, 11) is 1.56. The molecule has 0 bridgehead atoms. The number of methoxy groups -OCH3 is 1. The number of ether oxygens (including phenoxy) is 2. The Morgan fingerprint density at radius 3 is 2.30 bits per heavy atom. The van der Waals surface area contributed by atoms with Gasteiger partial charge in [0, 0.05) is 0 Å². The molecule has 154 valence electrons. The number of nitrogens with one attached hydrogen (secondary N) is 1. The summed E-state index contributed by atoms with van der Waals surface area (Å²) < 4.78 is 14.8. The first-order chi connectivity index (χ1) is 14.5. The van der Waals surface area contributed by atoms with Gasteiger partial charge in [-0.05, 0) is 29.3 Å². The van der Waals surface area contributed by atoms with Crippen LogP contribution in [-0.2, 0) is 9.53 Å². The van der Waals surface area contributed by atoms with Crippen LogP contribution in [0.1, 0.15) is 27.7 Å². The number of nitrogens with zero attached hydrogens (tertiary/aromatic N) is 1. The minimum atomic E-state index is -0.973. The second kappa shape index (κ2) is 9.37. The van der Waals surface area contributed by atoms with Gasteiger partial charge in [-0.3, -0.25) is 14.9 Å². The third-order valence-corrected chi connectivity index (χ3v) is 4.19. The van der Waals surface area contributed by atoms with Gasteiger partial charge in [0.2, 0.25) is 5.76 Å². The molecule has 0 saturated heterocycles. The summed E-state index contributed by atoms with van der Waals surface area (Å²) in [6.45, 7) is -0.577. The highest BCUT2D eigenvalue weighted by atomic mass is 16.7. The molecule has 3 rings (SSSR count). The second-order valence-corrected chi connectivity index (χ2v) is 6.16. The average Bonchev–Trinajstić information content (AvgIpc) is 3.27. The number of carbonyl (C=O) groups is 2. The highest BCUT2D eigenvalue weighted by molar-refractivity contribution is 5.89. The molecule has 0 saturated carbocycles. The van der Waals surface area contributed by atoms with E-state index in [1.807, 2.05) is 42.5 Å². The zero-order valence-electron chi connectivity index (χ0n) is 15.9. The highest BCUT2D eigenvalue weighted by Crippen LogP contribution is 2.24. The molecular formula is C21H18N2O7. The summed E-state index contributed by atoms with van der Waals surface area (Å²) in [4.78, 5) is 34.2. The van der Waals surface area contributed by atoms with Crippen molar-refractivity contribution < 1.29 is 28.4 Å². The Labute approximate surface area is 171 Å². The van der Waals surface area contributed by atoms with Gasteiger partial charge in [-0.1, -0.05) is 42.5 Å². The number of hydrogen-bond acceptors (Lipinski definition) is 7. The second-order valence-electron chi connectivity index (χ2n) is 6.16. The summed E-state index contributed by atoms with van der Waals surface area (Å²) in [6.07, 6.45) is 0. The van der Waals surface area contributed by atoms with Crippen LogP contribution >= 0.6 is 0 Å². The largest absolute Gasteiger partial charge is 0.497 e. The first-order valence-corrected chi connectivity index (χ1v) is 8.87. The molecule has 0 aliphatic rings. The molecular weight excluding hydrogens is 392 g/mol. The number of amides is 1. The molecule has 1 atom stereocenters. The van der Waals surface area contributed by atoms with Crippen LogP contribution in [0, 0.1) is 10.1 Å². The van der Waals surface area contributed by atoms with Crippen LogP contribution in [0.4, 0.5) is 5.88 Å². The molecule has 0 radical (unpaired) electrons. The molecule has 1 aromatic heterocycles. The van der Waals surface area contributed by atoms with E-state index >= 15 is 0 Å². The SMILES string of the molecule is COc1ccc([C@@H](NC(=O)COC(=O)c2ccc([N+](=O)[O-])o2)c2ccccc2)cc1. The van der Waals surface area contributed by atoms with Crippen LogP contribution in [0.3, 0.4) is 0 Å². The van der Waals surface area contributed by atoms with Crippen molar-refractivity contribution in [1.29, 1.82) is 0 Å². The number of rotatable bonds is 8. The van der Waals surface area contributed by atoms with E-state index < -0.39 is 35.3 Å². The maximum Gasteiger partial charge on any atom is 0.433 e. The third-order valence-electron chi connectivity index (χ3n) is 4.19. The highest BCUT2D eigenvalue weighted by Gasteiger charge is 2.21. The van der Waals surface area contributed by atoms with E-state index in [4.69, 9.17) is 13.9 Å². The number of esters is 1. The molecule has 0 aliphatic heterocycles. The lowest BCUT2D eigenvalue weighted by Crippen LogP contribution is -2.33. The monoisotopic (exact) mass is 410 g/mol. The van der Waals surface area contributed by atoms with E-state index in [2.05, 4.69) is 5.32 Å². The molecule has 2 aromatic carbocycles. The Kier molecular flexibility index (Phi) is 6.43. The number of benzene rings is 2. The summed E-state index contributed by atoms with van der Waals surface area (Å²) in [5.74, 6) is -1.79. The molecule has 1 amide bonds. The Balaban J connectivity index is 1.68. The van der Waals surface area contributed by atoms with Crippen molar-refractivity contribution in [2.75, 3.05) is 13.7 Å². The van der Waals surface area contributed by atoms with Gasteiger partial charge in [0.05, 0.1) is 19.2 Å². The Morgan fingerprint density at radius 2 is 1.70 bits per heavy atom. The molecule has 0 fully saturated rings. The summed E-state index contributed by atoms with van der Waals surface area (Å²) in [5.41, 5.74) is 1.65. The Hall–Kier alpha value is -4.14. The van der Waals surface area contributed by atoms with Crippen molar-refractivity contribution in [2.45, 2.75) is 6.04 Å². The zero-order chi connectivity index (χ0) is 21.5. The molecule has 9 heteroatoms. The van der Waals surface area contributed by atoms with Crippen molar-refractivity contribution >= 4 is 17.8 Å². The van der Waals surface area contributed by atoms with E-state index in [9.17, 15) is 19.7 Å². The molecule has 0 aliphatic carbocycles. The van der Waals surface area contributed by atoms with Crippen LogP contribution in [0.15, 0.2) is 71.1 Å². The topological polar surface area (TPSA) is 121 Å². The predicted molar refractivity (Wildman–Crippen MR) is 105 cm³/mol. The van der Waals surface area contributed by atoms with Crippen LogP contribution in [0.5, 0.6) is 5.75 Å². The Bertz CT molecular complexity index is 1030. The molecule has 1 heterocycles. The van der Waals surface area contributed by atoms with Crippen molar-refractivity contribution in [2.24, 2.45) is 0 Å². The van der Waals surface area contributed by atoms with Gasteiger partial charge >= 0.3 is 11.9 Å². The maximum absolute atomic E-state index is 12.4. The van der Waals surface area contributed by atoms with Gasteiger partial charge in [0.1, 0.15) is 10.7 Å². The van der Waals surface area contributed by atoms with Crippen molar-refractivity contribution in [3.63, 3.8) is 0 Å². The first-order valence-electron chi connectivity index (χ1n) is 8.87. The zero-order valence-corrected chi connectivity index (χ0v) is 15.9. The van der Waals surface area contributed by atoms with Crippen molar-refractivity contribution in [1.82, 2.24) is 5.32 Å². The maximum atomic E-state index is 12.4. The molecule has 0 unspecified atom stereocenters. The predicted octanol–water partition coefficient (Wildman–Crippen LogP) is 3.26. The van der Waals surface area contributed by atoms with Crippen molar-refractivity contribution in [3.8, 4) is 5.75 Å². The fraction of sp³-hybridized carbons (Fsp3) is 0.143. The van der Waals surface area contributed by atoms with Gasteiger partial charge < -0.3 is 19.2 Å². The van der Waals surface area contributed by atoms with Crippen LogP contribution in [0.25, 0.3) is 0 Å². The van der Waals surface area contributed by atoms with E-state index in [0.29, 0.717) is 5.75 Å². The molecule has 1 N–H and O–H groups in total. The smallest absolute Gasteiger partial charge is 0.433 e. The fourth-order valence-electron chi connectivity index (χ4n) is 2.74. The fourth-order valence-corrected chi connectivity index (χ4v) is 2.74. The van der Waals surface area contributed by atoms with E-state index in [1.54, 1.807) is 19.2 Å². The van der Waals surface area contributed by atoms with E-state index in [0.717, 1.165) is 23.3 Å². The Morgan fingerprint density at radius 1 is 1.03 bits per heavy atom. The van der Waals surface area contributed by atoms with Crippen LogP contribution in [0.2, 0.25) is 0 Å². The third kappa shape index (κ3) is 5.02. The summed E-state index contributed by atoms with van der Waals surface area (Å²) in [5, 5.41) is 13.4. The lowest BCUT2D eigenvalue weighted by Gasteiger charge is -2.20. The molecule has 0 spiro atoms. The average molecular weight is 410 g/mol. The van der Waals surface area contributed by atoms with Crippen molar-refractivity contribution in [3.05, 3.63) is 93.7 Å². The molecule has 9 nitrogen and oxygen atoms in total. The number of nitro groups is 1. The normalized spacial score (nSPS) is 11.4.